The minimum Gasteiger partial charge on any atom is -0.480 e. The molecule has 0 aliphatic rings. The summed E-state index contributed by atoms with van der Waals surface area (Å²) in [6.07, 6.45) is 0. The number of amides is 1. The van der Waals surface area contributed by atoms with Crippen LogP contribution in [-0.2, 0) is 14.8 Å². The third kappa shape index (κ3) is 4.60. The van der Waals surface area contributed by atoms with Crippen LogP contribution in [0.2, 0.25) is 0 Å². The fourth-order valence-electron chi connectivity index (χ4n) is 2.74. The Kier molecular flexibility index (Phi) is 5.66. The van der Waals surface area contributed by atoms with Gasteiger partial charge in [0.15, 0.2) is 0 Å². The van der Waals surface area contributed by atoms with Crippen molar-refractivity contribution in [3.05, 3.63) is 58.7 Å². The number of hydrogen-bond donors (Lipinski definition) is 3. The number of carboxylic acid groups (broad SMARTS) is 1. The summed E-state index contributed by atoms with van der Waals surface area (Å²) in [6, 6.07) is 9.35. The van der Waals surface area contributed by atoms with E-state index in [9.17, 15) is 18.0 Å². The van der Waals surface area contributed by atoms with Crippen molar-refractivity contribution in [3.8, 4) is 0 Å². The third-order valence-corrected chi connectivity index (χ3v) is 5.36. The van der Waals surface area contributed by atoms with Crippen molar-refractivity contribution in [2.45, 2.75) is 25.7 Å². The largest absolute Gasteiger partial charge is 0.480 e. The van der Waals surface area contributed by atoms with E-state index in [2.05, 4.69) is 10.0 Å². The van der Waals surface area contributed by atoms with Crippen LogP contribution in [0.5, 0.6) is 0 Å². The molecule has 0 aliphatic heterocycles. The molecule has 0 unspecified atom stereocenters. The normalized spacial score (nSPS) is 11.0. The molecule has 0 fully saturated rings. The van der Waals surface area contributed by atoms with Crippen LogP contribution in [0.1, 0.15) is 27.0 Å². The summed E-state index contributed by atoms with van der Waals surface area (Å²) in [5.74, 6) is -1.70. The van der Waals surface area contributed by atoms with Gasteiger partial charge in [0.05, 0.1) is 4.90 Å². The first-order valence-electron chi connectivity index (χ1n) is 7.81. The molecule has 1 amide bonds. The van der Waals surface area contributed by atoms with Crippen LogP contribution in [0.4, 0.5) is 5.69 Å². The maximum absolute atomic E-state index is 12.7. The molecule has 138 valence electrons. The van der Waals surface area contributed by atoms with Crippen molar-refractivity contribution in [2.24, 2.45) is 0 Å². The first-order chi connectivity index (χ1) is 12.1. The van der Waals surface area contributed by atoms with Crippen LogP contribution in [0.15, 0.2) is 41.3 Å². The van der Waals surface area contributed by atoms with Gasteiger partial charge in [-0.3, -0.25) is 14.3 Å². The summed E-state index contributed by atoms with van der Waals surface area (Å²) in [5, 5.41) is 10.8. The zero-order chi connectivity index (χ0) is 19.5. The molecule has 0 heterocycles. The summed E-state index contributed by atoms with van der Waals surface area (Å²) < 4.78 is 27.9. The number of anilines is 1. The minimum atomic E-state index is -3.77. The van der Waals surface area contributed by atoms with E-state index in [0.717, 1.165) is 5.56 Å². The Morgan fingerprint density at radius 2 is 1.54 bits per heavy atom. The van der Waals surface area contributed by atoms with E-state index < -0.39 is 28.4 Å². The predicted octanol–water partition coefficient (Wildman–Crippen LogP) is 2.23. The zero-order valence-corrected chi connectivity index (χ0v) is 15.5. The summed E-state index contributed by atoms with van der Waals surface area (Å²) in [4.78, 5) is 22.5. The Hall–Kier alpha value is -2.87. The second kappa shape index (κ2) is 7.57. The number of aliphatic carboxylic acids is 1. The molecule has 3 N–H and O–H groups in total. The van der Waals surface area contributed by atoms with Crippen molar-refractivity contribution in [1.82, 2.24) is 5.32 Å². The fraction of sp³-hybridized carbons (Fsp3) is 0.222. The van der Waals surface area contributed by atoms with Crippen LogP contribution in [0.3, 0.4) is 0 Å². The number of hydrogen-bond acceptors (Lipinski definition) is 4. The molecule has 2 aromatic carbocycles. The topological polar surface area (TPSA) is 113 Å². The van der Waals surface area contributed by atoms with E-state index in [1.54, 1.807) is 26.0 Å². The van der Waals surface area contributed by atoms with E-state index in [-0.39, 0.29) is 10.5 Å². The number of sulfonamides is 1. The Morgan fingerprint density at radius 3 is 2.04 bits per heavy atom. The third-order valence-electron chi connectivity index (χ3n) is 3.67. The standard InChI is InChI=1S/C18H20N2O5S/c1-11-8-12(2)17(13(3)9-11)26(24,25)20-15-6-4-14(5-7-15)18(23)19-10-16(21)22/h4-9,20H,10H2,1-3H3,(H,19,23)(H,21,22). The molecule has 2 aromatic rings. The molecule has 26 heavy (non-hydrogen) atoms. The summed E-state index contributed by atoms with van der Waals surface area (Å²) in [6.45, 7) is 4.89. The van der Waals surface area contributed by atoms with E-state index in [1.807, 2.05) is 6.92 Å². The lowest BCUT2D eigenvalue weighted by molar-refractivity contribution is -0.135. The van der Waals surface area contributed by atoms with Crippen LogP contribution in [0, 0.1) is 20.8 Å². The van der Waals surface area contributed by atoms with Gasteiger partial charge in [-0.2, -0.15) is 0 Å². The van der Waals surface area contributed by atoms with Crippen molar-refractivity contribution < 1.29 is 23.1 Å². The highest BCUT2D eigenvalue weighted by atomic mass is 32.2. The molecule has 8 heteroatoms. The number of rotatable bonds is 6. The van der Waals surface area contributed by atoms with Gasteiger partial charge in [0.2, 0.25) is 0 Å². The molecule has 0 aromatic heterocycles. The average Bonchev–Trinajstić information content (AvgIpc) is 2.51. The monoisotopic (exact) mass is 376 g/mol. The van der Waals surface area contributed by atoms with Crippen LogP contribution >= 0.6 is 0 Å². The van der Waals surface area contributed by atoms with Crippen LogP contribution in [-0.4, -0.2) is 31.9 Å². The highest BCUT2D eigenvalue weighted by Crippen LogP contribution is 2.24. The molecule has 2 rings (SSSR count). The first kappa shape index (κ1) is 19.5. The second-order valence-corrected chi connectivity index (χ2v) is 7.61. The molecule has 0 saturated heterocycles. The number of carboxylic acids is 1. The first-order valence-corrected chi connectivity index (χ1v) is 9.29. The maximum Gasteiger partial charge on any atom is 0.322 e. The Balaban J connectivity index is 2.21. The highest BCUT2D eigenvalue weighted by molar-refractivity contribution is 7.92. The molecular formula is C18H20N2O5S. The summed E-state index contributed by atoms with van der Waals surface area (Å²) in [7, 11) is -3.77. The fourth-order valence-corrected chi connectivity index (χ4v) is 4.26. The van der Waals surface area contributed by atoms with E-state index in [0.29, 0.717) is 16.8 Å². The van der Waals surface area contributed by atoms with Gasteiger partial charge >= 0.3 is 5.97 Å². The van der Waals surface area contributed by atoms with E-state index >= 15 is 0 Å². The Labute approximate surface area is 152 Å². The van der Waals surface area contributed by atoms with E-state index in [4.69, 9.17) is 5.11 Å². The van der Waals surface area contributed by atoms with Gasteiger partial charge in [0.25, 0.3) is 15.9 Å². The molecule has 0 radical (unpaired) electrons. The number of benzene rings is 2. The van der Waals surface area contributed by atoms with Gasteiger partial charge in [0, 0.05) is 11.3 Å². The average molecular weight is 376 g/mol. The number of carbonyl (C=O) groups is 2. The quantitative estimate of drug-likeness (QED) is 0.716. The predicted molar refractivity (Wildman–Crippen MR) is 97.9 cm³/mol. The smallest absolute Gasteiger partial charge is 0.322 e. The lowest BCUT2D eigenvalue weighted by atomic mass is 10.1. The van der Waals surface area contributed by atoms with Gasteiger partial charge < -0.3 is 10.4 Å². The van der Waals surface area contributed by atoms with Gasteiger partial charge in [-0.25, -0.2) is 8.42 Å². The number of aryl methyl sites for hydroxylation is 3. The molecule has 0 aliphatic carbocycles. The SMILES string of the molecule is Cc1cc(C)c(S(=O)(=O)Nc2ccc(C(=O)NCC(=O)O)cc2)c(C)c1. The minimum absolute atomic E-state index is 0.228. The zero-order valence-electron chi connectivity index (χ0n) is 14.7. The number of carbonyl (C=O) groups excluding carboxylic acids is 1. The second-order valence-electron chi connectivity index (χ2n) is 5.99. The lowest BCUT2D eigenvalue weighted by Gasteiger charge is -2.14. The van der Waals surface area contributed by atoms with Gasteiger partial charge in [-0.05, 0) is 56.2 Å². The van der Waals surface area contributed by atoms with Crippen molar-refractivity contribution in [2.75, 3.05) is 11.3 Å². The van der Waals surface area contributed by atoms with Crippen LogP contribution < -0.4 is 10.0 Å². The molecule has 0 spiro atoms. The molecule has 7 nitrogen and oxygen atoms in total. The Bertz CT molecular complexity index is 927. The molecular weight excluding hydrogens is 356 g/mol. The highest BCUT2D eigenvalue weighted by Gasteiger charge is 2.20. The lowest BCUT2D eigenvalue weighted by Crippen LogP contribution is -2.29. The summed E-state index contributed by atoms with van der Waals surface area (Å²) in [5.41, 5.74) is 2.83. The Morgan fingerprint density at radius 1 is 1.00 bits per heavy atom. The molecule has 0 saturated carbocycles. The van der Waals surface area contributed by atoms with Crippen LogP contribution in [0.25, 0.3) is 0 Å². The van der Waals surface area contributed by atoms with Gasteiger partial charge in [-0.1, -0.05) is 17.7 Å². The van der Waals surface area contributed by atoms with Crippen molar-refractivity contribution in [3.63, 3.8) is 0 Å². The van der Waals surface area contributed by atoms with Crippen molar-refractivity contribution >= 4 is 27.6 Å². The molecule has 0 atom stereocenters. The number of nitrogens with one attached hydrogen (secondary N) is 2. The molecule has 0 bridgehead atoms. The van der Waals surface area contributed by atoms with Gasteiger partial charge in [-0.15, -0.1) is 0 Å². The maximum atomic E-state index is 12.7. The van der Waals surface area contributed by atoms with E-state index in [1.165, 1.54) is 24.3 Å². The summed E-state index contributed by atoms with van der Waals surface area (Å²) >= 11 is 0. The van der Waals surface area contributed by atoms with Gasteiger partial charge in [0.1, 0.15) is 6.54 Å². The van der Waals surface area contributed by atoms with Crippen molar-refractivity contribution in [1.29, 1.82) is 0 Å².